The van der Waals surface area contributed by atoms with Crippen molar-refractivity contribution >= 4 is 22.0 Å². The lowest BCUT2D eigenvalue weighted by molar-refractivity contribution is -0.143. The topological polar surface area (TPSA) is 98.8 Å². The zero-order valence-electron chi connectivity index (χ0n) is 16.0. The van der Waals surface area contributed by atoms with E-state index in [-0.39, 0.29) is 24.4 Å². The van der Waals surface area contributed by atoms with Crippen LogP contribution in [0.5, 0.6) is 0 Å². The summed E-state index contributed by atoms with van der Waals surface area (Å²) in [6.07, 6.45) is 1.63. The van der Waals surface area contributed by atoms with Gasteiger partial charge in [-0.15, -0.1) is 0 Å². The molecule has 1 rings (SSSR count). The second-order valence-electron chi connectivity index (χ2n) is 6.71. The molecule has 1 atom stereocenters. The molecule has 150 valence electrons. The van der Waals surface area contributed by atoms with Crippen LogP contribution in [0.3, 0.4) is 0 Å². The maximum atomic E-state index is 12.3. The molecule has 1 aromatic carbocycles. The molecule has 0 aromatic heterocycles. The van der Waals surface area contributed by atoms with Gasteiger partial charge in [-0.2, -0.15) is 0 Å². The summed E-state index contributed by atoms with van der Waals surface area (Å²) in [7, 11) is -3.55. The summed E-state index contributed by atoms with van der Waals surface area (Å²) >= 11 is 0. The van der Waals surface area contributed by atoms with Gasteiger partial charge in [-0.3, -0.25) is 0 Å². The van der Waals surface area contributed by atoms with E-state index in [1.807, 2.05) is 0 Å². The van der Waals surface area contributed by atoms with Crippen molar-refractivity contribution in [3.05, 3.63) is 48.0 Å². The first-order valence-electron chi connectivity index (χ1n) is 8.69. The van der Waals surface area contributed by atoms with Gasteiger partial charge in [0, 0.05) is 12.2 Å². The molecular weight excluding hydrogens is 370 g/mol. The van der Waals surface area contributed by atoms with Crippen molar-refractivity contribution in [2.24, 2.45) is 5.92 Å². The molecule has 27 heavy (non-hydrogen) atoms. The van der Waals surface area contributed by atoms with E-state index >= 15 is 0 Å². The van der Waals surface area contributed by atoms with Gasteiger partial charge in [0.25, 0.3) is 0 Å². The van der Waals surface area contributed by atoms with Crippen LogP contribution in [0.1, 0.15) is 39.3 Å². The third-order valence-electron chi connectivity index (χ3n) is 3.18. The lowest BCUT2D eigenvalue weighted by Gasteiger charge is -2.19. The number of sulfonamides is 1. The van der Waals surface area contributed by atoms with E-state index in [2.05, 4.69) is 4.72 Å². The number of carbonyl (C=O) groups is 2. The number of ether oxygens (including phenoxy) is 2. The number of hydrogen-bond donors (Lipinski definition) is 1. The minimum absolute atomic E-state index is 0.0365. The van der Waals surface area contributed by atoms with Crippen molar-refractivity contribution in [1.29, 1.82) is 0 Å². The molecule has 8 heteroatoms. The predicted octanol–water partition coefficient (Wildman–Crippen LogP) is 2.35. The Labute approximate surface area is 160 Å². The highest BCUT2D eigenvalue weighted by Crippen LogP contribution is 2.15. The fourth-order valence-corrected chi connectivity index (χ4v) is 3.82. The Hall–Kier alpha value is -2.19. The van der Waals surface area contributed by atoms with Crippen LogP contribution >= 0.6 is 0 Å². The van der Waals surface area contributed by atoms with Gasteiger partial charge in [0.1, 0.15) is 6.61 Å². The maximum Gasteiger partial charge on any atom is 0.331 e. The van der Waals surface area contributed by atoms with Crippen LogP contribution in [-0.4, -0.2) is 38.8 Å². The fraction of sp³-hybridized carbons (Fsp3) is 0.474. The molecule has 0 heterocycles. The van der Waals surface area contributed by atoms with Gasteiger partial charge in [0.15, 0.2) is 0 Å². The molecule has 1 aromatic rings. The summed E-state index contributed by atoms with van der Waals surface area (Å²) in [4.78, 5) is 23.2. The normalized spacial score (nSPS) is 13.1. The van der Waals surface area contributed by atoms with Gasteiger partial charge in [0.05, 0.1) is 17.9 Å². The average molecular weight is 397 g/mol. The lowest BCUT2D eigenvalue weighted by atomic mass is 10.1. The molecule has 0 radical (unpaired) electrons. The molecule has 7 nitrogen and oxygen atoms in total. The first-order valence-corrected chi connectivity index (χ1v) is 10.3. The van der Waals surface area contributed by atoms with Crippen LogP contribution in [0.15, 0.2) is 42.5 Å². The van der Waals surface area contributed by atoms with Crippen molar-refractivity contribution in [3.8, 4) is 0 Å². The Bertz CT molecular complexity index is 741. The van der Waals surface area contributed by atoms with Crippen molar-refractivity contribution < 1.29 is 27.5 Å². The number of nitrogens with one attached hydrogen (secondary N) is 1. The van der Waals surface area contributed by atoms with Crippen LogP contribution in [0.4, 0.5) is 0 Å². The van der Waals surface area contributed by atoms with E-state index in [0.717, 1.165) is 12.2 Å². The van der Waals surface area contributed by atoms with Gasteiger partial charge < -0.3 is 9.47 Å². The number of benzene rings is 1. The zero-order chi connectivity index (χ0) is 20.4. The Balaban J connectivity index is 2.77. The lowest BCUT2D eigenvalue weighted by Crippen LogP contribution is -2.35. The third-order valence-corrected chi connectivity index (χ3v) is 4.93. The summed E-state index contributed by atoms with van der Waals surface area (Å²) in [5.41, 5.74) is 0.667. The number of hydrogen-bond acceptors (Lipinski definition) is 6. The van der Waals surface area contributed by atoms with E-state index in [1.165, 1.54) is 0 Å². The largest absolute Gasteiger partial charge is 0.460 e. The molecule has 1 N–H and O–H groups in total. The van der Waals surface area contributed by atoms with Gasteiger partial charge in [-0.1, -0.05) is 44.2 Å². The molecule has 0 saturated carbocycles. The van der Waals surface area contributed by atoms with Gasteiger partial charge in [0.2, 0.25) is 10.0 Å². The standard InChI is InChI=1S/C19H27NO6S/c1-14(2)13-27(23,24)20-17(16-8-6-5-7-9-16)12-25-18(21)10-11-19(22)26-15(3)4/h5-11,14-15,17,20H,12-13H2,1-4H3/b11-10+. The van der Waals surface area contributed by atoms with E-state index in [9.17, 15) is 18.0 Å². The molecule has 0 aliphatic carbocycles. The molecule has 0 bridgehead atoms. The second-order valence-corrected chi connectivity index (χ2v) is 8.50. The molecule has 0 amide bonds. The predicted molar refractivity (Wildman–Crippen MR) is 102 cm³/mol. The number of rotatable bonds is 10. The van der Waals surface area contributed by atoms with E-state index in [0.29, 0.717) is 5.56 Å². The van der Waals surface area contributed by atoms with Gasteiger partial charge in [-0.25, -0.2) is 22.7 Å². The van der Waals surface area contributed by atoms with Crippen molar-refractivity contribution in [2.45, 2.75) is 39.8 Å². The first kappa shape index (κ1) is 22.9. The SMILES string of the molecule is CC(C)CS(=O)(=O)NC(COC(=O)/C=C/C(=O)OC(C)C)c1ccccc1. The summed E-state index contributed by atoms with van der Waals surface area (Å²) < 4.78 is 37.1. The molecule has 0 aliphatic heterocycles. The number of carbonyl (C=O) groups excluding carboxylic acids is 2. The minimum atomic E-state index is -3.55. The van der Waals surface area contributed by atoms with Crippen LogP contribution in [-0.2, 0) is 29.1 Å². The molecule has 0 saturated heterocycles. The molecule has 0 fully saturated rings. The highest BCUT2D eigenvalue weighted by Gasteiger charge is 2.21. The average Bonchev–Trinajstić information content (AvgIpc) is 2.55. The summed E-state index contributed by atoms with van der Waals surface area (Å²) in [6.45, 7) is 6.79. The summed E-state index contributed by atoms with van der Waals surface area (Å²) in [6, 6.07) is 8.09. The highest BCUT2D eigenvalue weighted by molar-refractivity contribution is 7.89. The highest BCUT2D eigenvalue weighted by atomic mass is 32.2. The van der Waals surface area contributed by atoms with Gasteiger partial charge >= 0.3 is 11.9 Å². The quantitative estimate of drug-likeness (QED) is 0.481. The Morgan fingerprint density at radius 3 is 2.19 bits per heavy atom. The van der Waals surface area contributed by atoms with Crippen LogP contribution in [0.2, 0.25) is 0 Å². The minimum Gasteiger partial charge on any atom is -0.460 e. The second kappa shape index (κ2) is 10.8. The van der Waals surface area contributed by atoms with Crippen LogP contribution < -0.4 is 4.72 Å². The smallest absolute Gasteiger partial charge is 0.331 e. The van der Waals surface area contributed by atoms with Crippen molar-refractivity contribution in [2.75, 3.05) is 12.4 Å². The van der Waals surface area contributed by atoms with Crippen LogP contribution in [0, 0.1) is 5.92 Å². The fourth-order valence-electron chi connectivity index (χ4n) is 2.21. The summed E-state index contributed by atoms with van der Waals surface area (Å²) in [5.74, 6) is -1.50. The first-order chi connectivity index (χ1) is 12.6. The van der Waals surface area contributed by atoms with Crippen molar-refractivity contribution in [3.63, 3.8) is 0 Å². The molecule has 0 aliphatic rings. The van der Waals surface area contributed by atoms with E-state index < -0.39 is 28.0 Å². The van der Waals surface area contributed by atoms with E-state index in [4.69, 9.17) is 9.47 Å². The molecular formula is C19H27NO6S. The van der Waals surface area contributed by atoms with Crippen molar-refractivity contribution in [1.82, 2.24) is 4.72 Å². The maximum absolute atomic E-state index is 12.3. The monoisotopic (exact) mass is 397 g/mol. The summed E-state index contributed by atoms with van der Waals surface area (Å²) in [5, 5.41) is 0. The van der Waals surface area contributed by atoms with E-state index in [1.54, 1.807) is 58.0 Å². The molecule has 0 spiro atoms. The Morgan fingerprint density at radius 1 is 1.04 bits per heavy atom. The number of esters is 2. The molecule has 1 unspecified atom stereocenters. The van der Waals surface area contributed by atoms with Gasteiger partial charge in [-0.05, 0) is 25.3 Å². The third kappa shape index (κ3) is 9.91. The Kier molecular flexibility index (Phi) is 9.17. The van der Waals surface area contributed by atoms with Crippen LogP contribution in [0.25, 0.3) is 0 Å². The zero-order valence-corrected chi connectivity index (χ0v) is 16.9. The Morgan fingerprint density at radius 2 is 1.63 bits per heavy atom.